The van der Waals surface area contributed by atoms with Gasteiger partial charge in [-0.05, 0) is 24.1 Å². The van der Waals surface area contributed by atoms with Gasteiger partial charge in [0.1, 0.15) is 0 Å². The van der Waals surface area contributed by atoms with E-state index in [4.69, 9.17) is 19.9 Å². The predicted octanol–water partition coefficient (Wildman–Crippen LogP) is -3.02. The van der Waals surface area contributed by atoms with Gasteiger partial charge < -0.3 is 16.7 Å². The molecular formula is C10H11NaO8S. The minimum Gasteiger partial charge on any atom is -1.00 e. The normalized spacial score (nSPS) is 10.7. The number of hydrogen-bond donors (Lipinski definition) is 4. The first-order valence-corrected chi connectivity index (χ1v) is 6.34. The number of carboxylic acids is 2. The van der Waals surface area contributed by atoms with Crippen LogP contribution >= 0.6 is 0 Å². The summed E-state index contributed by atoms with van der Waals surface area (Å²) in [5.41, 5.74) is -1.58. The van der Waals surface area contributed by atoms with E-state index in [1.807, 2.05) is 0 Å². The fraction of sp³-hybridized carbons (Fsp3) is 0.200. The summed E-state index contributed by atoms with van der Waals surface area (Å²) in [5.74, 6) is -3.22. The van der Waals surface area contributed by atoms with Gasteiger partial charge in [0.15, 0.2) is 0 Å². The van der Waals surface area contributed by atoms with E-state index in [2.05, 4.69) is 0 Å². The van der Waals surface area contributed by atoms with Crippen LogP contribution in [0.15, 0.2) is 17.0 Å². The van der Waals surface area contributed by atoms with Gasteiger partial charge in [0, 0.05) is 6.61 Å². The maximum absolute atomic E-state index is 11.0. The van der Waals surface area contributed by atoms with Gasteiger partial charge in [0.05, 0.1) is 16.0 Å². The standard InChI is InChI=1S/C10H10O8S.Na.H/c11-2-1-5-3-6(19(16,17)18)4-7(9(12)13)8(5)10(14)15;;/h3-4,11H,1-2H2,(H,12,13)(H,14,15)(H,16,17,18);;/q;+1;-1. The molecular weight excluding hydrogens is 303 g/mol. The van der Waals surface area contributed by atoms with Crippen LogP contribution in [0.3, 0.4) is 0 Å². The SMILES string of the molecule is O=C(O)c1cc(S(=O)(=O)O)cc(CCO)c1C(=O)O.[H-].[Na+]. The van der Waals surface area contributed by atoms with Crippen LogP contribution in [0.4, 0.5) is 0 Å². The first kappa shape index (κ1) is 19.0. The summed E-state index contributed by atoms with van der Waals surface area (Å²) in [6.45, 7) is -0.506. The Hall–Kier alpha value is -0.970. The van der Waals surface area contributed by atoms with E-state index in [9.17, 15) is 18.0 Å². The van der Waals surface area contributed by atoms with Gasteiger partial charge in [-0.1, -0.05) is 0 Å². The fourth-order valence-corrected chi connectivity index (χ4v) is 2.12. The summed E-state index contributed by atoms with van der Waals surface area (Å²) in [7, 11) is -4.68. The van der Waals surface area contributed by atoms with Crippen LogP contribution in [0, 0.1) is 0 Å². The Morgan fingerprint density at radius 2 is 1.70 bits per heavy atom. The molecule has 0 aromatic heterocycles. The molecule has 4 N–H and O–H groups in total. The van der Waals surface area contributed by atoms with E-state index in [1.165, 1.54) is 0 Å². The number of aliphatic hydroxyl groups is 1. The van der Waals surface area contributed by atoms with Crippen molar-refractivity contribution in [3.63, 3.8) is 0 Å². The zero-order valence-corrected chi connectivity index (χ0v) is 13.2. The number of carbonyl (C=O) groups is 2. The van der Waals surface area contributed by atoms with Crippen LogP contribution in [-0.2, 0) is 16.5 Å². The molecule has 0 atom stereocenters. The van der Waals surface area contributed by atoms with Gasteiger partial charge in [-0.3, -0.25) is 4.55 Å². The van der Waals surface area contributed by atoms with E-state index in [0.717, 1.165) is 6.07 Å². The summed E-state index contributed by atoms with van der Waals surface area (Å²) in [6, 6.07) is 1.38. The minimum atomic E-state index is -4.68. The van der Waals surface area contributed by atoms with Crippen LogP contribution < -0.4 is 29.6 Å². The van der Waals surface area contributed by atoms with Crippen LogP contribution in [0.2, 0.25) is 0 Å². The average molecular weight is 314 g/mol. The van der Waals surface area contributed by atoms with Gasteiger partial charge in [-0.15, -0.1) is 0 Å². The van der Waals surface area contributed by atoms with Gasteiger partial charge in [0.25, 0.3) is 10.1 Å². The van der Waals surface area contributed by atoms with Crippen molar-refractivity contribution in [2.24, 2.45) is 0 Å². The molecule has 0 saturated heterocycles. The second kappa shape index (κ2) is 7.16. The number of aromatic carboxylic acids is 2. The molecule has 0 aliphatic heterocycles. The molecule has 0 fully saturated rings. The molecule has 0 bridgehead atoms. The topological polar surface area (TPSA) is 149 Å². The Kier molecular flexibility index (Phi) is 6.81. The second-order valence-electron chi connectivity index (χ2n) is 3.56. The number of carboxylic acid groups (broad SMARTS) is 2. The van der Waals surface area contributed by atoms with Crippen molar-refractivity contribution in [2.45, 2.75) is 11.3 Å². The monoisotopic (exact) mass is 314 g/mol. The van der Waals surface area contributed by atoms with Crippen LogP contribution in [0.25, 0.3) is 0 Å². The van der Waals surface area contributed by atoms with E-state index in [-0.39, 0.29) is 43.0 Å². The number of hydrogen-bond acceptors (Lipinski definition) is 5. The molecule has 20 heavy (non-hydrogen) atoms. The minimum absolute atomic E-state index is 0. The molecule has 0 unspecified atom stereocenters. The Morgan fingerprint density at radius 1 is 1.15 bits per heavy atom. The third-order valence-corrected chi connectivity index (χ3v) is 3.15. The molecule has 1 rings (SSSR count). The van der Waals surface area contributed by atoms with Crippen molar-refractivity contribution in [2.75, 3.05) is 6.61 Å². The largest absolute Gasteiger partial charge is 1.00 e. The molecule has 8 nitrogen and oxygen atoms in total. The summed E-state index contributed by atoms with van der Waals surface area (Å²) < 4.78 is 30.9. The first-order valence-electron chi connectivity index (χ1n) is 4.90. The third-order valence-electron chi connectivity index (χ3n) is 2.32. The summed E-state index contributed by atoms with van der Waals surface area (Å²) in [5, 5.41) is 26.7. The Morgan fingerprint density at radius 3 is 2.05 bits per heavy atom. The zero-order chi connectivity index (χ0) is 14.8. The van der Waals surface area contributed by atoms with Crippen molar-refractivity contribution in [1.82, 2.24) is 0 Å². The second-order valence-corrected chi connectivity index (χ2v) is 4.99. The molecule has 0 spiro atoms. The molecule has 10 heteroatoms. The van der Waals surface area contributed by atoms with E-state index in [0.29, 0.717) is 6.07 Å². The number of benzene rings is 1. The van der Waals surface area contributed by atoms with Gasteiger partial charge in [-0.25, -0.2) is 9.59 Å². The predicted molar refractivity (Wildman–Crippen MR) is 62.1 cm³/mol. The molecule has 0 aliphatic rings. The number of aliphatic hydroxyl groups excluding tert-OH is 1. The molecule has 1 aromatic carbocycles. The van der Waals surface area contributed by atoms with Crippen molar-refractivity contribution >= 4 is 22.1 Å². The van der Waals surface area contributed by atoms with Crippen LogP contribution in [-0.4, -0.2) is 46.8 Å². The van der Waals surface area contributed by atoms with E-state index in [1.54, 1.807) is 0 Å². The van der Waals surface area contributed by atoms with Gasteiger partial charge in [-0.2, -0.15) is 8.42 Å². The Bertz CT molecular complexity index is 643. The summed E-state index contributed by atoms with van der Waals surface area (Å²) >= 11 is 0. The molecule has 1 aromatic rings. The molecule has 0 saturated carbocycles. The first-order chi connectivity index (χ1) is 8.68. The summed E-state index contributed by atoms with van der Waals surface area (Å²) in [4.78, 5) is 21.2. The Labute approximate surface area is 137 Å². The summed E-state index contributed by atoms with van der Waals surface area (Å²) in [6.07, 6.45) is -0.259. The van der Waals surface area contributed by atoms with E-state index < -0.39 is 44.7 Å². The molecule has 0 aliphatic carbocycles. The molecule has 0 amide bonds. The molecule has 0 heterocycles. The van der Waals surface area contributed by atoms with Crippen molar-refractivity contribution in [3.05, 3.63) is 28.8 Å². The van der Waals surface area contributed by atoms with Crippen LogP contribution in [0.1, 0.15) is 27.7 Å². The average Bonchev–Trinajstić information content (AvgIpc) is 2.26. The smallest absolute Gasteiger partial charge is 1.00 e. The molecule has 0 radical (unpaired) electrons. The quantitative estimate of drug-likeness (QED) is 0.331. The van der Waals surface area contributed by atoms with Crippen molar-refractivity contribution < 1.29 is 68.9 Å². The van der Waals surface area contributed by atoms with Crippen LogP contribution in [0.5, 0.6) is 0 Å². The third kappa shape index (κ3) is 4.27. The van der Waals surface area contributed by atoms with E-state index >= 15 is 0 Å². The zero-order valence-electron chi connectivity index (χ0n) is 11.4. The van der Waals surface area contributed by atoms with Crippen molar-refractivity contribution in [1.29, 1.82) is 0 Å². The molecule has 106 valence electrons. The van der Waals surface area contributed by atoms with Gasteiger partial charge >= 0.3 is 41.5 Å². The maximum atomic E-state index is 11.0. The van der Waals surface area contributed by atoms with Gasteiger partial charge in [0.2, 0.25) is 0 Å². The maximum Gasteiger partial charge on any atom is 1.00 e. The number of rotatable bonds is 5. The van der Waals surface area contributed by atoms with Crippen molar-refractivity contribution in [3.8, 4) is 0 Å². The fourth-order valence-electron chi connectivity index (χ4n) is 1.56. The Balaban J connectivity index is 0.